The van der Waals surface area contributed by atoms with Crippen LogP contribution < -0.4 is 0 Å². The molecule has 70 valence electrons. The van der Waals surface area contributed by atoms with Crippen LogP contribution in [0, 0.1) is 0 Å². The van der Waals surface area contributed by atoms with Crippen LogP contribution >= 0.6 is 11.8 Å². The van der Waals surface area contributed by atoms with Gasteiger partial charge in [-0.25, -0.2) is 0 Å². The van der Waals surface area contributed by atoms with E-state index >= 15 is 0 Å². The Labute approximate surface area is 89.0 Å². The molecule has 0 aliphatic heterocycles. The molecule has 1 heteroatoms. The lowest BCUT2D eigenvalue weighted by Crippen LogP contribution is -1.77. The molecule has 0 saturated carbocycles. The molecule has 14 heavy (non-hydrogen) atoms. The average molecular weight is 200 g/mol. The maximum atomic E-state index is 2.22. The van der Waals surface area contributed by atoms with Gasteiger partial charge in [0.2, 0.25) is 0 Å². The first-order valence-corrected chi connectivity index (χ1v) is 5.82. The Morgan fingerprint density at radius 1 is 0.786 bits per heavy atom. The molecular weight excluding hydrogens is 188 g/mol. The highest BCUT2D eigenvalue weighted by Crippen LogP contribution is 2.23. The van der Waals surface area contributed by atoms with E-state index in [1.54, 1.807) is 11.8 Å². The monoisotopic (exact) mass is 200 g/mol. The molecular formula is C13H12S. The van der Waals surface area contributed by atoms with E-state index in [0.29, 0.717) is 0 Å². The molecule has 0 aromatic heterocycles. The summed E-state index contributed by atoms with van der Waals surface area (Å²) >= 11 is 1.78. The molecule has 2 rings (SSSR count). The molecule has 0 heterocycles. The second-order valence-corrected chi connectivity index (χ2v) is 3.98. The Kier molecular flexibility index (Phi) is 2.90. The van der Waals surface area contributed by atoms with Crippen LogP contribution in [0.5, 0.6) is 0 Å². The SMILES string of the molecule is CSc1cccc(-c2ccccc2)c1. The summed E-state index contributed by atoms with van der Waals surface area (Å²) in [6, 6.07) is 19.1. The number of hydrogen-bond acceptors (Lipinski definition) is 1. The average Bonchev–Trinajstić information content (AvgIpc) is 2.30. The van der Waals surface area contributed by atoms with E-state index in [4.69, 9.17) is 0 Å². The summed E-state index contributed by atoms with van der Waals surface area (Å²) in [5.74, 6) is 0. The van der Waals surface area contributed by atoms with Crippen LogP contribution in [-0.2, 0) is 0 Å². The predicted octanol–water partition coefficient (Wildman–Crippen LogP) is 4.08. The molecule has 0 atom stereocenters. The van der Waals surface area contributed by atoms with Gasteiger partial charge in [-0.05, 0) is 29.5 Å². The van der Waals surface area contributed by atoms with E-state index in [0.717, 1.165) is 0 Å². The van der Waals surface area contributed by atoms with Crippen molar-refractivity contribution in [2.75, 3.05) is 6.26 Å². The van der Waals surface area contributed by atoms with Crippen LogP contribution in [-0.4, -0.2) is 6.26 Å². The second kappa shape index (κ2) is 4.34. The minimum atomic E-state index is 1.28. The zero-order chi connectivity index (χ0) is 9.80. The summed E-state index contributed by atoms with van der Waals surface area (Å²) in [6.07, 6.45) is 2.10. The van der Waals surface area contributed by atoms with Crippen LogP contribution in [0.3, 0.4) is 0 Å². The Bertz CT molecular complexity index is 407. The minimum Gasteiger partial charge on any atom is -0.130 e. The van der Waals surface area contributed by atoms with Crippen molar-refractivity contribution in [2.45, 2.75) is 4.90 Å². The van der Waals surface area contributed by atoms with Crippen LogP contribution in [0.4, 0.5) is 0 Å². The molecule has 0 fully saturated rings. The van der Waals surface area contributed by atoms with Crippen LogP contribution in [0.2, 0.25) is 0 Å². The third kappa shape index (κ3) is 1.99. The summed E-state index contributed by atoms with van der Waals surface area (Å²) < 4.78 is 0. The number of thioether (sulfide) groups is 1. The van der Waals surface area contributed by atoms with Crippen molar-refractivity contribution in [1.82, 2.24) is 0 Å². The lowest BCUT2D eigenvalue weighted by Gasteiger charge is -2.02. The van der Waals surface area contributed by atoms with E-state index in [2.05, 4.69) is 54.8 Å². The van der Waals surface area contributed by atoms with Gasteiger partial charge in [0.05, 0.1) is 0 Å². The lowest BCUT2D eigenvalue weighted by molar-refractivity contribution is 1.46. The van der Waals surface area contributed by atoms with E-state index in [-0.39, 0.29) is 0 Å². The Balaban J connectivity index is 2.42. The standard InChI is InChI=1S/C13H12S/c1-14-13-9-5-8-12(10-13)11-6-3-2-4-7-11/h2-10H,1H3. The number of hydrogen-bond donors (Lipinski definition) is 0. The fourth-order valence-corrected chi connectivity index (χ4v) is 1.89. The van der Waals surface area contributed by atoms with Gasteiger partial charge in [0.15, 0.2) is 0 Å². The lowest BCUT2D eigenvalue weighted by atomic mass is 10.1. The molecule has 2 aromatic rings. The highest BCUT2D eigenvalue weighted by Gasteiger charge is 1.96. The van der Waals surface area contributed by atoms with Crippen LogP contribution in [0.15, 0.2) is 59.5 Å². The highest BCUT2D eigenvalue weighted by atomic mass is 32.2. The minimum absolute atomic E-state index is 1.28. The predicted molar refractivity (Wildman–Crippen MR) is 63.7 cm³/mol. The molecule has 2 aromatic carbocycles. The Hall–Kier alpha value is -1.21. The van der Waals surface area contributed by atoms with E-state index < -0.39 is 0 Å². The fourth-order valence-electron chi connectivity index (χ4n) is 1.43. The zero-order valence-electron chi connectivity index (χ0n) is 8.10. The summed E-state index contributed by atoms with van der Waals surface area (Å²) in [7, 11) is 0. The van der Waals surface area contributed by atoms with Gasteiger partial charge in [-0.1, -0.05) is 42.5 Å². The first-order chi connectivity index (χ1) is 6.90. The largest absolute Gasteiger partial charge is 0.130 e. The molecule has 0 N–H and O–H groups in total. The quantitative estimate of drug-likeness (QED) is 0.658. The van der Waals surface area contributed by atoms with Gasteiger partial charge in [0, 0.05) is 4.90 Å². The normalized spacial score (nSPS) is 10.1. The molecule has 0 radical (unpaired) electrons. The third-order valence-corrected chi connectivity index (χ3v) is 2.90. The second-order valence-electron chi connectivity index (χ2n) is 3.10. The van der Waals surface area contributed by atoms with Gasteiger partial charge < -0.3 is 0 Å². The maximum Gasteiger partial charge on any atom is 0.00752 e. The number of rotatable bonds is 2. The first-order valence-electron chi connectivity index (χ1n) is 4.59. The Morgan fingerprint density at radius 2 is 1.50 bits per heavy atom. The summed E-state index contributed by atoms with van der Waals surface area (Å²) in [5, 5.41) is 0. The van der Waals surface area contributed by atoms with E-state index in [1.165, 1.54) is 16.0 Å². The van der Waals surface area contributed by atoms with Gasteiger partial charge in [-0.2, -0.15) is 0 Å². The molecule has 0 unspecified atom stereocenters. The topological polar surface area (TPSA) is 0 Å². The van der Waals surface area contributed by atoms with Crippen molar-refractivity contribution >= 4 is 11.8 Å². The van der Waals surface area contributed by atoms with Crippen molar-refractivity contribution < 1.29 is 0 Å². The van der Waals surface area contributed by atoms with Crippen molar-refractivity contribution in [3.8, 4) is 11.1 Å². The smallest absolute Gasteiger partial charge is 0.00752 e. The van der Waals surface area contributed by atoms with Gasteiger partial charge in [-0.3, -0.25) is 0 Å². The van der Waals surface area contributed by atoms with Gasteiger partial charge in [-0.15, -0.1) is 11.8 Å². The van der Waals surface area contributed by atoms with Crippen molar-refractivity contribution in [3.63, 3.8) is 0 Å². The van der Waals surface area contributed by atoms with E-state index in [1.807, 2.05) is 6.07 Å². The first kappa shape index (κ1) is 9.35. The molecule has 0 amide bonds. The molecule has 0 bridgehead atoms. The summed E-state index contributed by atoms with van der Waals surface area (Å²) in [4.78, 5) is 1.31. The van der Waals surface area contributed by atoms with E-state index in [9.17, 15) is 0 Å². The third-order valence-electron chi connectivity index (χ3n) is 2.18. The van der Waals surface area contributed by atoms with Crippen molar-refractivity contribution in [3.05, 3.63) is 54.6 Å². The van der Waals surface area contributed by atoms with Crippen molar-refractivity contribution in [2.24, 2.45) is 0 Å². The molecule has 0 aliphatic carbocycles. The molecule has 0 spiro atoms. The highest BCUT2D eigenvalue weighted by molar-refractivity contribution is 7.98. The fraction of sp³-hybridized carbons (Fsp3) is 0.0769. The van der Waals surface area contributed by atoms with Crippen molar-refractivity contribution in [1.29, 1.82) is 0 Å². The molecule has 0 nitrogen and oxygen atoms in total. The summed E-state index contributed by atoms with van der Waals surface area (Å²) in [6.45, 7) is 0. The summed E-state index contributed by atoms with van der Waals surface area (Å²) in [5.41, 5.74) is 2.57. The maximum absolute atomic E-state index is 2.22. The Morgan fingerprint density at radius 3 is 2.21 bits per heavy atom. The van der Waals surface area contributed by atoms with Gasteiger partial charge >= 0.3 is 0 Å². The van der Waals surface area contributed by atoms with Crippen LogP contribution in [0.1, 0.15) is 0 Å². The zero-order valence-corrected chi connectivity index (χ0v) is 8.92. The molecule has 0 aliphatic rings. The van der Waals surface area contributed by atoms with Gasteiger partial charge in [0.25, 0.3) is 0 Å². The van der Waals surface area contributed by atoms with Gasteiger partial charge in [0.1, 0.15) is 0 Å². The molecule has 0 saturated heterocycles. The van der Waals surface area contributed by atoms with Crippen LogP contribution in [0.25, 0.3) is 11.1 Å². The number of benzene rings is 2.